The van der Waals surface area contributed by atoms with Crippen molar-refractivity contribution in [2.75, 3.05) is 17.7 Å². The molecular weight excluding hydrogens is 388 g/mol. The Hall–Kier alpha value is -2.31. The second-order valence-electron chi connectivity index (χ2n) is 6.37. The standard InChI is InChI=1S/C22H24N2O2S2/c1-3-13-26-18-8-6-17(7-9-18)20-15-28-22(23-20)24-21(25)12-14-27-19-10-4-16(2)5-11-19/h4-11,15H,3,12-14H2,1-2H3,(H,23,24,25). The summed E-state index contributed by atoms with van der Waals surface area (Å²) >= 11 is 3.13. The first-order valence-corrected chi connectivity index (χ1v) is 11.2. The molecule has 0 aliphatic rings. The third kappa shape index (κ3) is 6.11. The molecule has 3 aromatic rings. The van der Waals surface area contributed by atoms with E-state index < -0.39 is 0 Å². The van der Waals surface area contributed by atoms with Crippen LogP contribution >= 0.6 is 23.1 Å². The molecule has 1 amide bonds. The van der Waals surface area contributed by atoms with Crippen molar-refractivity contribution in [3.8, 4) is 17.0 Å². The van der Waals surface area contributed by atoms with Crippen LogP contribution in [-0.2, 0) is 4.79 Å². The molecule has 146 valence electrons. The minimum Gasteiger partial charge on any atom is -0.494 e. The highest BCUT2D eigenvalue weighted by atomic mass is 32.2. The van der Waals surface area contributed by atoms with Gasteiger partial charge in [0.1, 0.15) is 5.75 Å². The summed E-state index contributed by atoms with van der Waals surface area (Å²) in [6.07, 6.45) is 1.44. The molecule has 0 unspecified atom stereocenters. The van der Waals surface area contributed by atoms with Gasteiger partial charge in [0.15, 0.2) is 5.13 Å². The SMILES string of the molecule is CCCOc1ccc(-c2csc(NC(=O)CCSc3ccc(C)cc3)n2)cc1. The van der Waals surface area contributed by atoms with Gasteiger partial charge in [0.05, 0.1) is 12.3 Å². The summed E-state index contributed by atoms with van der Waals surface area (Å²) in [5.74, 6) is 1.59. The Morgan fingerprint density at radius 1 is 1.14 bits per heavy atom. The molecule has 6 heteroatoms. The molecule has 0 aliphatic carbocycles. The molecule has 1 heterocycles. The zero-order chi connectivity index (χ0) is 19.8. The predicted molar refractivity (Wildman–Crippen MR) is 118 cm³/mol. The molecule has 1 aromatic heterocycles. The van der Waals surface area contributed by atoms with E-state index in [2.05, 4.69) is 48.4 Å². The molecule has 3 rings (SSSR count). The Kier molecular flexibility index (Phi) is 7.51. The minimum atomic E-state index is -0.0103. The lowest BCUT2D eigenvalue weighted by Crippen LogP contribution is -2.11. The van der Waals surface area contributed by atoms with Gasteiger partial charge in [-0.15, -0.1) is 23.1 Å². The van der Waals surface area contributed by atoms with Gasteiger partial charge in [-0.25, -0.2) is 4.98 Å². The maximum absolute atomic E-state index is 12.2. The Morgan fingerprint density at radius 2 is 1.89 bits per heavy atom. The van der Waals surface area contributed by atoms with Gasteiger partial charge in [0, 0.05) is 28.0 Å². The number of hydrogen-bond donors (Lipinski definition) is 1. The highest BCUT2D eigenvalue weighted by molar-refractivity contribution is 7.99. The predicted octanol–water partition coefficient (Wildman–Crippen LogP) is 6.03. The van der Waals surface area contributed by atoms with Crippen LogP contribution in [0.1, 0.15) is 25.3 Å². The van der Waals surface area contributed by atoms with Gasteiger partial charge in [-0.05, 0) is 49.7 Å². The molecular formula is C22H24N2O2S2. The van der Waals surface area contributed by atoms with E-state index in [0.717, 1.165) is 29.2 Å². The fourth-order valence-electron chi connectivity index (χ4n) is 2.48. The molecule has 0 saturated carbocycles. The summed E-state index contributed by atoms with van der Waals surface area (Å²) in [5.41, 5.74) is 3.11. The summed E-state index contributed by atoms with van der Waals surface area (Å²) in [5, 5.41) is 5.49. The number of ether oxygens (including phenoxy) is 1. The molecule has 0 aliphatic heterocycles. The van der Waals surface area contributed by atoms with Crippen molar-refractivity contribution in [2.45, 2.75) is 31.6 Å². The van der Waals surface area contributed by atoms with Crippen molar-refractivity contribution in [1.82, 2.24) is 4.98 Å². The van der Waals surface area contributed by atoms with Crippen LogP contribution in [0.2, 0.25) is 0 Å². The number of amides is 1. The number of benzene rings is 2. The van der Waals surface area contributed by atoms with Crippen molar-refractivity contribution in [1.29, 1.82) is 0 Å². The largest absolute Gasteiger partial charge is 0.494 e. The third-order valence-corrected chi connectivity index (χ3v) is 5.76. The topological polar surface area (TPSA) is 51.2 Å². The third-order valence-electron chi connectivity index (χ3n) is 3.99. The first-order chi connectivity index (χ1) is 13.6. The number of thioether (sulfide) groups is 1. The minimum absolute atomic E-state index is 0.0103. The van der Waals surface area contributed by atoms with Gasteiger partial charge in [0.25, 0.3) is 0 Å². The lowest BCUT2D eigenvalue weighted by atomic mass is 10.2. The van der Waals surface area contributed by atoms with Crippen LogP contribution in [0.25, 0.3) is 11.3 Å². The monoisotopic (exact) mass is 412 g/mol. The smallest absolute Gasteiger partial charge is 0.226 e. The first kappa shape index (κ1) is 20.4. The molecule has 0 spiro atoms. The number of anilines is 1. The zero-order valence-electron chi connectivity index (χ0n) is 16.1. The summed E-state index contributed by atoms with van der Waals surface area (Å²) < 4.78 is 5.60. The lowest BCUT2D eigenvalue weighted by molar-refractivity contribution is -0.115. The number of hydrogen-bond acceptors (Lipinski definition) is 5. The van der Waals surface area contributed by atoms with Crippen molar-refractivity contribution in [2.24, 2.45) is 0 Å². The fraction of sp³-hybridized carbons (Fsp3) is 0.273. The van der Waals surface area contributed by atoms with Crippen LogP contribution in [0.5, 0.6) is 5.75 Å². The second-order valence-corrected chi connectivity index (χ2v) is 8.40. The van der Waals surface area contributed by atoms with Crippen LogP contribution in [0.4, 0.5) is 5.13 Å². The van der Waals surface area contributed by atoms with Crippen molar-refractivity contribution in [3.05, 3.63) is 59.5 Å². The van der Waals surface area contributed by atoms with Gasteiger partial charge in [-0.3, -0.25) is 4.79 Å². The fourth-order valence-corrected chi connectivity index (χ4v) is 4.07. The summed E-state index contributed by atoms with van der Waals surface area (Å²) in [4.78, 5) is 17.9. The van der Waals surface area contributed by atoms with Gasteiger partial charge >= 0.3 is 0 Å². The van der Waals surface area contributed by atoms with E-state index in [9.17, 15) is 4.79 Å². The number of rotatable bonds is 9. The molecule has 0 radical (unpaired) electrons. The molecule has 0 bridgehead atoms. The van der Waals surface area contributed by atoms with Crippen LogP contribution in [0.15, 0.2) is 58.8 Å². The molecule has 28 heavy (non-hydrogen) atoms. The molecule has 4 nitrogen and oxygen atoms in total. The van der Waals surface area contributed by atoms with Crippen LogP contribution < -0.4 is 10.1 Å². The number of aryl methyl sites for hydroxylation is 1. The Morgan fingerprint density at radius 3 is 2.61 bits per heavy atom. The average molecular weight is 413 g/mol. The van der Waals surface area contributed by atoms with E-state index in [0.29, 0.717) is 18.2 Å². The maximum Gasteiger partial charge on any atom is 0.226 e. The van der Waals surface area contributed by atoms with Gasteiger partial charge < -0.3 is 10.1 Å². The van der Waals surface area contributed by atoms with Crippen molar-refractivity contribution < 1.29 is 9.53 Å². The van der Waals surface area contributed by atoms with Gasteiger partial charge in [-0.1, -0.05) is 24.6 Å². The Balaban J connectivity index is 1.48. The number of carbonyl (C=O) groups excluding carboxylic acids is 1. The average Bonchev–Trinajstić information content (AvgIpc) is 3.16. The summed E-state index contributed by atoms with van der Waals surface area (Å²) in [6.45, 7) is 4.87. The molecule has 0 atom stereocenters. The maximum atomic E-state index is 12.2. The van der Waals surface area contributed by atoms with Crippen LogP contribution in [0.3, 0.4) is 0 Å². The van der Waals surface area contributed by atoms with Gasteiger partial charge in [-0.2, -0.15) is 0 Å². The lowest BCUT2D eigenvalue weighted by Gasteiger charge is -2.05. The molecule has 1 N–H and O–H groups in total. The van der Waals surface area contributed by atoms with Crippen LogP contribution in [0, 0.1) is 6.92 Å². The van der Waals surface area contributed by atoms with E-state index in [1.54, 1.807) is 11.8 Å². The molecule has 0 fully saturated rings. The molecule has 2 aromatic carbocycles. The van der Waals surface area contributed by atoms with E-state index in [1.807, 2.05) is 29.6 Å². The Labute approximate surface area is 174 Å². The van der Waals surface area contributed by atoms with Crippen molar-refractivity contribution in [3.63, 3.8) is 0 Å². The highest BCUT2D eigenvalue weighted by Crippen LogP contribution is 2.27. The van der Waals surface area contributed by atoms with E-state index >= 15 is 0 Å². The number of nitrogens with one attached hydrogen (secondary N) is 1. The highest BCUT2D eigenvalue weighted by Gasteiger charge is 2.09. The number of aromatic nitrogens is 1. The van der Waals surface area contributed by atoms with Crippen LogP contribution in [-0.4, -0.2) is 23.3 Å². The second kappa shape index (κ2) is 10.3. The van der Waals surface area contributed by atoms with E-state index in [4.69, 9.17) is 4.74 Å². The number of carbonyl (C=O) groups is 1. The number of nitrogens with zero attached hydrogens (tertiary/aromatic N) is 1. The zero-order valence-corrected chi connectivity index (χ0v) is 17.7. The molecule has 0 saturated heterocycles. The quantitative estimate of drug-likeness (QED) is 0.436. The summed E-state index contributed by atoms with van der Waals surface area (Å²) in [6, 6.07) is 16.2. The first-order valence-electron chi connectivity index (χ1n) is 9.32. The van der Waals surface area contributed by atoms with E-state index in [-0.39, 0.29) is 5.91 Å². The number of thiazole rings is 1. The van der Waals surface area contributed by atoms with E-state index in [1.165, 1.54) is 21.8 Å². The van der Waals surface area contributed by atoms with Gasteiger partial charge in [0.2, 0.25) is 5.91 Å². The van der Waals surface area contributed by atoms with Crippen molar-refractivity contribution >= 4 is 34.1 Å². The summed E-state index contributed by atoms with van der Waals surface area (Å²) in [7, 11) is 0. The normalized spacial score (nSPS) is 10.6. The Bertz CT molecular complexity index is 890.